The molecule has 1 amide bonds. The van der Waals surface area contributed by atoms with Crippen molar-refractivity contribution in [2.45, 2.75) is 32.6 Å². The van der Waals surface area contributed by atoms with E-state index in [-0.39, 0.29) is 5.41 Å². The SMILES string of the molecule is CCc1ccc(/C=C(\C#N)c2ccc(C(C)(C)CN)cc2)cc1.NC(=O)c1coc2ccc(Cl)cc12. The maximum absolute atomic E-state index is 10.9. The van der Waals surface area contributed by atoms with Gasteiger partial charge in [-0.1, -0.05) is 80.9 Å². The Bertz CT molecular complexity index is 1410. The third-order valence-electron chi connectivity index (χ3n) is 6.11. The van der Waals surface area contributed by atoms with Crippen LogP contribution in [0.3, 0.4) is 0 Å². The number of aryl methyl sites for hydroxylation is 1. The molecular formula is C30H30ClN3O2. The van der Waals surface area contributed by atoms with Crippen LogP contribution < -0.4 is 11.5 Å². The van der Waals surface area contributed by atoms with Crippen LogP contribution in [0.25, 0.3) is 22.6 Å². The lowest BCUT2D eigenvalue weighted by Crippen LogP contribution is -2.27. The fraction of sp³-hybridized carbons (Fsp3) is 0.200. The van der Waals surface area contributed by atoms with Crippen LogP contribution >= 0.6 is 11.6 Å². The van der Waals surface area contributed by atoms with Gasteiger partial charge in [0.15, 0.2) is 0 Å². The van der Waals surface area contributed by atoms with Crippen LogP contribution in [0.4, 0.5) is 0 Å². The number of nitrogens with zero attached hydrogens (tertiary/aromatic N) is 1. The summed E-state index contributed by atoms with van der Waals surface area (Å²) in [6, 6.07) is 23.8. The smallest absolute Gasteiger partial charge is 0.252 e. The molecule has 6 heteroatoms. The first-order valence-electron chi connectivity index (χ1n) is 11.7. The van der Waals surface area contributed by atoms with Crippen molar-refractivity contribution in [1.82, 2.24) is 0 Å². The summed E-state index contributed by atoms with van der Waals surface area (Å²) in [4.78, 5) is 10.9. The van der Waals surface area contributed by atoms with E-state index in [2.05, 4.69) is 63.2 Å². The molecule has 0 radical (unpaired) electrons. The fourth-order valence-electron chi connectivity index (χ4n) is 3.61. The molecular weight excluding hydrogens is 470 g/mol. The predicted molar refractivity (Wildman–Crippen MR) is 148 cm³/mol. The van der Waals surface area contributed by atoms with Crippen LogP contribution in [0.15, 0.2) is 77.4 Å². The second-order valence-corrected chi connectivity index (χ2v) is 9.52. The standard InChI is InChI=1S/C21H24N2.C9H6ClNO2/c1-4-16-5-7-17(8-6-16)13-19(14-22)18-9-11-20(12-10-18)21(2,3)15-23;10-5-1-2-8-6(3-5)7(4-13-8)9(11)12/h5-13H,4,15,23H2,1-3H3;1-4H,(H2,11,12)/b19-13+;. The molecule has 4 N–H and O–H groups in total. The van der Waals surface area contributed by atoms with E-state index < -0.39 is 5.91 Å². The van der Waals surface area contributed by atoms with Crippen LogP contribution in [0.1, 0.15) is 53.4 Å². The van der Waals surface area contributed by atoms with Gasteiger partial charge in [-0.3, -0.25) is 4.79 Å². The van der Waals surface area contributed by atoms with E-state index >= 15 is 0 Å². The average Bonchev–Trinajstić information content (AvgIpc) is 3.31. The van der Waals surface area contributed by atoms with Gasteiger partial charge >= 0.3 is 0 Å². The molecule has 0 saturated carbocycles. The van der Waals surface area contributed by atoms with Crippen molar-refractivity contribution in [3.05, 3.63) is 106 Å². The Kier molecular flexibility index (Phi) is 8.71. The molecule has 0 aliphatic rings. The highest BCUT2D eigenvalue weighted by molar-refractivity contribution is 6.31. The van der Waals surface area contributed by atoms with Gasteiger partial charge in [0.05, 0.1) is 17.2 Å². The molecule has 4 aromatic rings. The fourth-order valence-corrected chi connectivity index (χ4v) is 3.78. The number of benzene rings is 3. The molecule has 4 rings (SSSR count). The van der Waals surface area contributed by atoms with Crippen LogP contribution in [0, 0.1) is 11.3 Å². The average molecular weight is 500 g/mol. The molecule has 0 bridgehead atoms. The highest BCUT2D eigenvalue weighted by atomic mass is 35.5. The van der Waals surface area contributed by atoms with Crippen molar-refractivity contribution in [2.24, 2.45) is 11.5 Å². The van der Waals surface area contributed by atoms with Crippen molar-refractivity contribution >= 4 is 40.1 Å². The lowest BCUT2D eigenvalue weighted by Gasteiger charge is -2.23. The van der Waals surface area contributed by atoms with E-state index in [1.54, 1.807) is 18.2 Å². The zero-order valence-electron chi connectivity index (χ0n) is 20.7. The molecule has 0 unspecified atom stereocenters. The Morgan fingerprint density at radius 1 is 1.08 bits per heavy atom. The van der Waals surface area contributed by atoms with Crippen molar-refractivity contribution < 1.29 is 9.21 Å². The summed E-state index contributed by atoms with van der Waals surface area (Å²) in [7, 11) is 0. The van der Waals surface area contributed by atoms with E-state index in [1.807, 2.05) is 18.2 Å². The minimum Gasteiger partial charge on any atom is -0.463 e. The zero-order valence-corrected chi connectivity index (χ0v) is 21.5. The Hall–Kier alpha value is -3.85. The predicted octanol–water partition coefficient (Wildman–Crippen LogP) is 6.73. The van der Waals surface area contributed by atoms with E-state index in [0.29, 0.717) is 33.7 Å². The highest BCUT2D eigenvalue weighted by Gasteiger charge is 2.18. The number of hydrogen-bond donors (Lipinski definition) is 2. The molecule has 1 heterocycles. The molecule has 0 atom stereocenters. The second kappa shape index (κ2) is 11.7. The van der Waals surface area contributed by atoms with Gasteiger partial charge in [0.2, 0.25) is 0 Å². The number of allylic oxidation sites excluding steroid dienone is 1. The number of furan rings is 1. The summed E-state index contributed by atoms with van der Waals surface area (Å²) >= 11 is 5.76. The number of carbonyl (C=O) groups excluding carboxylic acids is 1. The monoisotopic (exact) mass is 499 g/mol. The van der Waals surface area contributed by atoms with Gasteiger partial charge in [-0.2, -0.15) is 5.26 Å². The Labute approximate surface area is 217 Å². The molecule has 36 heavy (non-hydrogen) atoms. The molecule has 3 aromatic carbocycles. The number of hydrogen-bond acceptors (Lipinski definition) is 4. The first kappa shape index (κ1) is 26.7. The summed E-state index contributed by atoms with van der Waals surface area (Å²) in [5, 5.41) is 10.7. The molecule has 5 nitrogen and oxygen atoms in total. The zero-order chi connectivity index (χ0) is 26.3. The van der Waals surface area contributed by atoms with Crippen LogP contribution in [-0.2, 0) is 11.8 Å². The Balaban J connectivity index is 0.000000233. The highest BCUT2D eigenvalue weighted by Crippen LogP contribution is 2.26. The maximum atomic E-state index is 10.9. The quantitative estimate of drug-likeness (QED) is 0.226. The summed E-state index contributed by atoms with van der Waals surface area (Å²) in [5.41, 5.74) is 17.0. The molecule has 1 aromatic heterocycles. The van der Waals surface area contributed by atoms with Gasteiger partial charge < -0.3 is 15.9 Å². The van der Waals surface area contributed by atoms with Crippen LogP contribution in [0.2, 0.25) is 5.02 Å². The minimum absolute atomic E-state index is 0.0506. The minimum atomic E-state index is -0.513. The third-order valence-corrected chi connectivity index (χ3v) is 6.34. The van der Waals surface area contributed by atoms with Gasteiger partial charge in [0, 0.05) is 22.4 Å². The van der Waals surface area contributed by atoms with Crippen molar-refractivity contribution in [1.29, 1.82) is 5.26 Å². The number of nitriles is 1. The van der Waals surface area contributed by atoms with Crippen molar-refractivity contribution in [3.8, 4) is 6.07 Å². The number of halogens is 1. The maximum Gasteiger partial charge on any atom is 0.252 e. The molecule has 0 saturated heterocycles. The number of fused-ring (bicyclic) bond motifs is 1. The molecule has 0 aliphatic carbocycles. The summed E-state index contributed by atoms with van der Waals surface area (Å²) in [6.45, 7) is 6.98. The number of carbonyl (C=O) groups is 1. The van der Waals surface area contributed by atoms with Gasteiger partial charge in [-0.05, 0) is 52.9 Å². The van der Waals surface area contributed by atoms with Crippen molar-refractivity contribution in [2.75, 3.05) is 6.54 Å². The number of primary amides is 1. The summed E-state index contributed by atoms with van der Waals surface area (Å²) < 4.78 is 5.11. The van der Waals surface area contributed by atoms with E-state index in [4.69, 9.17) is 27.5 Å². The summed E-state index contributed by atoms with van der Waals surface area (Å²) in [6.07, 6.45) is 4.29. The normalized spacial score (nSPS) is 11.5. The first-order chi connectivity index (χ1) is 17.2. The van der Waals surface area contributed by atoms with Gasteiger partial charge in [0.25, 0.3) is 5.91 Å². The first-order valence-corrected chi connectivity index (χ1v) is 12.0. The number of amides is 1. The number of nitrogens with two attached hydrogens (primary N) is 2. The summed E-state index contributed by atoms with van der Waals surface area (Å²) in [5.74, 6) is -0.513. The largest absolute Gasteiger partial charge is 0.463 e. The Morgan fingerprint density at radius 2 is 1.75 bits per heavy atom. The van der Waals surface area contributed by atoms with E-state index in [1.165, 1.54) is 17.4 Å². The Morgan fingerprint density at radius 3 is 2.31 bits per heavy atom. The second-order valence-electron chi connectivity index (χ2n) is 9.08. The molecule has 0 spiro atoms. The van der Waals surface area contributed by atoms with Gasteiger partial charge in [-0.15, -0.1) is 0 Å². The molecule has 0 fully saturated rings. The molecule has 0 aliphatic heterocycles. The van der Waals surface area contributed by atoms with Crippen LogP contribution in [-0.4, -0.2) is 12.5 Å². The number of rotatable bonds is 6. The van der Waals surface area contributed by atoms with Crippen LogP contribution in [0.5, 0.6) is 0 Å². The molecule has 184 valence electrons. The van der Waals surface area contributed by atoms with Gasteiger partial charge in [0.1, 0.15) is 11.8 Å². The lowest BCUT2D eigenvalue weighted by molar-refractivity contribution is 0.100. The topological polar surface area (TPSA) is 106 Å². The lowest BCUT2D eigenvalue weighted by atomic mass is 9.84. The van der Waals surface area contributed by atoms with E-state index in [0.717, 1.165) is 17.5 Å². The van der Waals surface area contributed by atoms with Crippen molar-refractivity contribution in [3.63, 3.8) is 0 Å². The van der Waals surface area contributed by atoms with Gasteiger partial charge in [-0.25, -0.2) is 0 Å². The van der Waals surface area contributed by atoms with E-state index in [9.17, 15) is 10.1 Å². The third kappa shape index (κ3) is 6.42.